The highest BCUT2D eigenvalue weighted by atomic mass is 16.5. The van der Waals surface area contributed by atoms with Gasteiger partial charge in [-0.3, -0.25) is 19.2 Å². The van der Waals surface area contributed by atoms with E-state index in [1.807, 2.05) is 0 Å². The molecule has 0 aromatic heterocycles. The fraction of sp³-hybridized carbons (Fsp3) is 0.304. The lowest BCUT2D eigenvalue weighted by Gasteiger charge is -2.10. The van der Waals surface area contributed by atoms with E-state index in [9.17, 15) is 19.2 Å². The number of carbonyl (C=O) groups is 4. The van der Waals surface area contributed by atoms with Crippen molar-refractivity contribution in [3.05, 3.63) is 59.7 Å². The molecule has 2 rings (SSSR count). The molecule has 0 radical (unpaired) electrons. The summed E-state index contributed by atoms with van der Waals surface area (Å²) in [6, 6.07) is 13.2. The Morgan fingerprint density at radius 3 is 1.45 bits per heavy atom. The Balaban J connectivity index is 1.59. The van der Waals surface area contributed by atoms with Gasteiger partial charge < -0.3 is 29.6 Å². The van der Waals surface area contributed by atoms with Gasteiger partial charge in [-0.25, -0.2) is 0 Å². The predicted molar refractivity (Wildman–Crippen MR) is 117 cm³/mol. The minimum atomic E-state index is -0.631. The van der Waals surface area contributed by atoms with Crippen molar-refractivity contribution in [3.8, 4) is 11.5 Å². The molecule has 0 aliphatic carbocycles. The number of methoxy groups -OCH3 is 2. The average Bonchev–Trinajstić information content (AvgIpc) is 2.85. The third kappa shape index (κ3) is 8.17. The zero-order chi connectivity index (χ0) is 24.1. The van der Waals surface area contributed by atoms with Gasteiger partial charge in [0.05, 0.1) is 38.6 Å². The van der Waals surface area contributed by atoms with Crippen LogP contribution in [0.5, 0.6) is 11.5 Å². The van der Waals surface area contributed by atoms with Crippen LogP contribution in [0.3, 0.4) is 0 Å². The molecule has 0 bridgehead atoms. The summed E-state index contributed by atoms with van der Waals surface area (Å²) in [4.78, 5) is 47.8. The molecule has 10 heteroatoms. The van der Waals surface area contributed by atoms with E-state index in [-0.39, 0.29) is 32.7 Å². The second-order valence-corrected chi connectivity index (χ2v) is 6.56. The van der Waals surface area contributed by atoms with Gasteiger partial charge in [0.1, 0.15) is 24.6 Å². The molecule has 2 aromatic carbocycles. The Labute approximate surface area is 191 Å². The molecule has 0 heterocycles. The number of hydrogen-bond acceptors (Lipinski definition) is 8. The van der Waals surface area contributed by atoms with Crippen LogP contribution in [0.4, 0.5) is 0 Å². The first-order valence-electron chi connectivity index (χ1n) is 10.1. The largest absolute Gasteiger partial charge is 0.496 e. The van der Waals surface area contributed by atoms with Crippen molar-refractivity contribution in [2.75, 3.05) is 40.5 Å². The maximum Gasteiger partial charge on any atom is 0.325 e. The lowest BCUT2D eigenvalue weighted by molar-refractivity contribution is -0.144. The summed E-state index contributed by atoms with van der Waals surface area (Å²) < 4.78 is 20.2. The van der Waals surface area contributed by atoms with Gasteiger partial charge >= 0.3 is 11.9 Å². The molecule has 2 amide bonds. The van der Waals surface area contributed by atoms with Gasteiger partial charge in [-0.1, -0.05) is 24.3 Å². The third-order valence-corrected chi connectivity index (χ3v) is 4.30. The van der Waals surface area contributed by atoms with Crippen LogP contribution in [0, 0.1) is 0 Å². The van der Waals surface area contributed by atoms with E-state index in [0.29, 0.717) is 22.6 Å². The van der Waals surface area contributed by atoms with E-state index in [0.717, 1.165) is 0 Å². The van der Waals surface area contributed by atoms with Gasteiger partial charge in [0.15, 0.2) is 0 Å². The topological polar surface area (TPSA) is 129 Å². The number of hydrogen-bond donors (Lipinski definition) is 2. The van der Waals surface area contributed by atoms with Gasteiger partial charge in [-0.2, -0.15) is 0 Å². The fourth-order valence-corrected chi connectivity index (χ4v) is 2.69. The minimum absolute atomic E-state index is 0.00418. The highest BCUT2D eigenvalue weighted by molar-refractivity contribution is 5.99. The van der Waals surface area contributed by atoms with Gasteiger partial charge in [0.2, 0.25) is 0 Å². The summed E-state index contributed by atoms with van der Waals surface area (Å²) in [5.41, 5.74) is 0.607. The van der Waals surface area contributed by atoms with Crippen molar-refractivity contribution in [1.29, 1.82) is 0 Å². The van der Waals surface area contributed by atoms with Crippen LogP contribution < -0.4 is 20.1 Å². The molecular weight excluding hydrogens is 432 g/mol. The lowest BCUT2D eigenvalue weighted by atomic mass is 10.2. The molecule has 176 valence electrons. The van der Waals surface area contributed by atoms with Crippen LogP contribution in [0.1, 0.15) is 27.1 Å². The first kappa shape index (κ1) is 25.2. The molecule has 33 heavy (non-hydrogen) atoms. The molecule has 10 nitrogen and oxygen atoms in total. The maximum absolute atomic E-state index is 12.1. The standard InChI is InChI=1S/C23H26N2O8/c1-30-18-10-5-3-8-16(18)22(28)24-14-20(26)32-12-7-13-33-21(27)15-25-23(29)17-9-4-6-11-19(17)31-2/h3-6,8-11H,7,12-15H2,1-2H3,(H,24,28)(H,25,29). The van der Waals surface area contributed by atoms with E-state index >= 15 is 0 Å². The molecule has 0 aliphatic heterocycles. The summed E-state index contributed by atoms with van der Waals surface area (Å²) in [5.74, 6) is -1.40. The maximum atomic E-state index is 12.1. The SMILES string of the molecule is COc1ccccc1C(=O)NCC(=O)OCCCOC(=O)CNC(=O)c1ccccc1OC. The highest BCUT2D eigenvalue weighted by Gasteiger charge is 2.14. The molecule has 0 spiro atoms. The van der Waals surface area contributed by atoms with Gasteiger partial charge in [-0.15, -0.1) is 0 Å². The zero-order valence-electron chi connectivity index (χ0n) is 18.4. The van der Waals surface area contributed by atoms with E-state index < -0.39 is 23.8 Å². The molecule has 0 saturated carbocycles. The molecule has 0 atom stereocenters. The van der Waals surface area contributed by atoms with Gasteiger partial charge in [0.25, 0.3) is 11.8 Å². The van der Waals surface area contributed by atoms with E-state index in [4.69, 9.17) is 18.9 Å². The molecule has 0 aliphatic rings. The van der Waals surface area contributed by atoms with Crippen molar-refractivity contribution in [1.82, 2.24) is 10.6 Å². The molecular formula is C23H26N2O8. The Morgan fingerprint density at radius 2 is 1.06 bits per heavy atom. The first-order valence-corrected chi connectivity index (χ1v) is 10.1. The van der Waals surface area contributed by atoms with E-state index in [1.165, 1.54) is 14.2 Å². The molecule has 2 N–H and O–H groups in total. The molecule has 0 saturated heterocycles. The highest BCUT2D eigenvalue weighted by Crippen LogP contribution is 2.17. The Kier molecular flexibility index (Phi) is 10.2. The van der Waals surface area contributed by atoms with Gasteiger partial charge in [-0.05, 0) is 24.3 Å². The predicted octanol–water partition coefficient (Wildman–Crippen LogP) is 1.34. The normalized spacial score (nSPS) is 10.0. The first-order chi connectivity index (χ1) is 16.0. The smallest absolute Gasteiger partial charge is 0.325 e. The molecule has 2 aromatic rings. The van der Waals surface area contributed by atoms with Crippen LogP contribution in [-0.2, 0) is 19.1 Å². The van der Waals surface area contributed by atoms with Gasteiger partial charge in [0, 0.05) is 6.42 Å². The second kappa shape index (κ2) is 13.4. The molecule has 0 fully saturated rings. The van der Waals surface area contributed by atoms with Crippen molar-refractivity contribution in [2.24, 2.45) is 0 Å². The third-order valence-electron chi connectivity index (χ3n) is 4.30. The number of rotatable bonds is 12. The summed E-state index contributed by atoms with van der Waals surface area (Å²) in [6.45, 7) is -0.619. The van der Waals surface area contributed by atoms with E-state index in [1.54, 1.807) is 48.5 Å². The average molecular weight is 458 g/mol. The van der Waals surface area contributed by atoms with Crippen LogP contribution in [0.15, 0.2) is 48.5 Å². The van der Waals surface area contributed by atoms with Crippen LogP contribution in [0.2, 0.25) is 0 Å². The summed E-state index contributed by atoms with van der Waals surface area (Å²) >= 11 is 0. The monoisotopic (exact) mass is 458 g/mol. The number of ether oxygens (including phenoxy) is 4. The number of carbonyl (C=O) groups excluding carboxylic acids is 4. The van der Waals surface area contributed by atoms with Crippen LogP contribution >= 0.6 is 0 Å². The Morgan fingerprint density at radius 1 is 0.667 bits per heavy atom. The lowest BCUT2D eigenvalue weighted by Crippen LogP contribution is -2.31. The van der Waals surface area contributed by atoms with Crippen LogP contribution in [-0.4, -0.2) is 64.3 Å². The van der Waals surface area contributed by atoms with Crippen molar-refractivity contribution in [2.45, 2.75) is 6.42 Å². The number of para-hydroxylation sites is 2. The van der Waals surface area contributed by atoms with Crippen LogP contribution in [0.25, 0.3) is 0 Å². The summed E-state index contributed by atoms with van der Waals surface area (Å²) in [7, 11) is 2.89. The second-order valence-electron chi connectivity index (χ2n) is 6.56. The number of nitrogens with one attached hydrogen (secondary N) is 2. The van der Waals surface area contributed by atoms with Crippen molar-refractivity contribution in [3.63, 3.8) is 0 Å². The summed E-state index contributed by atoms with van der Waals surface area (Å²) in [5, 5.41) is 4.91. The quantitative estimate of drug-likeness (QED) is 0.360. The Bertz CT molecular complexity index is 899. The van der Waals surface area contributed by atoms with Crippen molar-refractivity contribution < 1.29 is 38.1 Å². The number of benzene rings is 2. The van der Waals surface area contributed by atoms with E-state index in [2.05, 4.69) is 10.6 Å². The fourth-order valence-electron chi connectivity index (χ4n) is 2.69. The Hall–Kier alpha value is -4.08. The number of esters is 2. The minimum Gasteiger partial charge on any atom is -0.496 e. The number of amides is 2. The zero-order valence-corrected chi connectivity index (χ0v) is 18.4. The summed E-state index contributed by atoms with van der Waals surface area (Å²) in [6.07, 6.45) is 0.262. The molecule has 0 unspecified atom stereocenters. The van der Waals surface area contributed by atoms with Crippen molar-refractivity contribution >= 4 is 23.8 Å².